The van der Waals surface area contributed by atoms with Crippen molar-refractivity contribution in [3.8, 4) is 0 Å². The molecule has 18 heavy (non-hydrogen) atoms. The summed E-state index contributed by atoms with van der Waals surface area (Å²) < 4.78 is 5.30. The zero-order chi connectivity index (χ0) is 12.5. The molecule has 0 saturated heterocycles. The maximum Gasteiger partial charge on any atom is 0.246 e. The highest BCUT2D eigenvalue weighted by Gasteiger charge is 2.01. The van der Waals surface area contributed by atoms with Crippen LogP contribution in [0.2, 0.25) is 0 Å². The number of carbonyl (C=O) groups excluding carboxylic acids is 1. The van der Waals surface area contributed by atoms with Crippen LogP contribution in [-0.4, -0.2) is 25.1 Å². The van der Waals surface area contributed by atoms with Gasteiger partial charge in [0.2, 0.25) is 5.91 Å². The van der Waals surface area contributed by atoms with Crippen LogP contribution in [-0.2, 0) is 16.1 Å². The van der Waals surface area contributed by atoms with Gasteiger partial charge >= 0.3 is 0 Å². The predicted molar refractivity (Wildman–Crippen MR) is 74.6 cm³/mol. The van der Waals surface area contributed by atoms with Gasteiger partial charge in [0.25, 0.3) is 0 Å². The van der Waals surface area contributed by atoms with E-state index in [1.165, 1.54) is 0 Å². The fourth-order valence-electron chi connectivity index (χ4n) is 1.33. The van der Waals surface area contributed by atoms with Gasteiger partial charge in [-0.25, -0.2) is 0 Å². The SMILES string of the molecule is CC(N)CCNC(=O)COCc1ccccc1.Cl. The monoisotopic (exact) mass is 272 g/mol. The molecule has 0 radical (unpaired) electrons. The van der Waals surface area contributed by atoms with E-state index in [0.717, 1.165) is 12.0 Å². The first-order valence-electron chi connectivity index (χ1n) is 5.82. The largest absolute Gasteiger partial charge is 0.367 e. The Balaban J connectivity index is 0.00000289. The van der Waals surface area contributed by atoms with Crippen molar-refractivity contribution in [3.63, 3.8) is 0 Å². The maximum absolute atomic E-state index is 11.3. The molecule has 1 atom stereocenters. The molecular weight excluding hydrogens is 252 g/mol. The van der Waals surface area contributed by atoms with E-state index >= 15 is 0 Å². The first kappa shape index (κ1) is 16.9. The van der Waals surface area contributed by atoms with E-state index in [-0.39, 0.29) is 31.0 Å². The second-order valence-corrected chi connectivity index (χ2v) is 4.09. The summed E-state index contributed by atoms with van der Waals surface area (Å²) in [6.45, 7) is 3.07. The standard InChI is InChI=1S/C13H20N2O2.ClH/c1-11(14)7-8-15-13(16)10-17-9-12-5-3-2-4-6-12;/h2-6,11H,7-10,14H2,1H3,(H,15,16);1H. The highest BCUT2D eigenvalue weighted by atomic mass is 35.5. The molecule has 0 aliphatic rings. The summed E-state index contributed by atoms with van der Waals surface area (Å²) in [6.07, 6.45) is 0.782. The van der Waals surface area contributed by atoms with Crippen molar-refractivity contribution in [2.75, 3.05) is 13.2 Å². The van der Waals surface area contributed by atoms with E-state index in [2.05, 4.69) is 5.32 Å². The molecule has 4 nitrogen and oxygen atoms in total. The first-order valence-corrected chi connectivity index (χ1v) is 5.82. The van der Waals surface area contributed by atoms with Gasteiger partial charge in [-0.3, -0.25) is 4.79 Å². The number of hydrogen-bond acceptors (Lipinski definition) is 3. The highest BCUT2D eigenvalue weighted by molar-refractivity contribution is 5.85. The van der Waals surface area contributed by atoms with Crippen molar-refractivity contribution in [2.24, 2.45) is 5.73 Å². The van der Waals surface area contributed by atoms with Crippen molar-refractivity contribution < 1.29 is 9.53 Å². The second-order valence-electron chi connectivity index (χ2n) is 4.09. The molecule has 0 heterocycles. The average Bonchev–Trinajstić information content (AvgIpc) is 2.30. The Morgan fingerprint density at radius 1 is 1.39 bits per heavy atom. The average molecular weight is 273 g/mol. The lowest BCUT2D eigenvalue weighted by Gasteiger charge is -2.07. The zero-order valence-electron chi connectivity index (χ0n) is 10.6. The molecule has 0 aromatic heterocycles. The van der Waals surface area contributed by atoms with E-state index in [4.69, 9.17) is 10.5 Å². The summed E-state index contributed by atoms with van der Waals surface area (Å²) in [5.41, 5.74) is 6.64. The minimum absolute atomic E-state index is 0. The fourth-order valence-corrected chi connectivity index (χ4v) is 1.33. The first-order chi connectivity index (χ1) is 8.18. The molecule has 0 saturated carbocycles. The molecule has 0 bridgehead atoms. The van der Waals surface area contributed by atoms with Crippen LogP contribution in [0.25, 0.3) is 0 Å². The lowest BCUT2D eigenvalue weighted by Crippen LogP contribution is -2.31. The third-order valence-corrected chi connectivity index (χ3v) is 2.27. The number of benzene rings is 1. The number of halogens is 1. The third-order valence-electron chi connectivity index (χ3n) is 2.27. The van der Waals surface area contributed by atoms with Crippen LogP contribution in [0.15, 0.2) is 30.3 Å². The summed E-state index contributed by atoms with van der Waals surface area (Å²) in [7, 11) is 0. The normalized spacial score (nSPS) is 11.4. The molecular formula is C13H21ClN2O2. The lowest BCUT2D eigenvalue weighted by atomic mass is 10.2. The predicted octanol–water partition coefficient (Wildman–Crippen LogP) is 1.48. The zero-order valence-corrected chi connectivity index (χ0v) is 11.4. The summed E-state index contributed by atoms with van der Waals surface area (Å²) in [5.74, 6) is -0.0958. The van der Waals surface area contributed by atoms with Gasteiger partial charge < -0.3 is 15.8 Å². The molecule has 0 fully saturated rings. The van der Waals surface area contributed by atoms with Gasteiger partial charge in [0.05, 0.1) is 6.61 Å². The molecule has 1 aromatic carbocycles. The van der Waals surface area contributed by atoms with Crippen molar-refractivity contribution in [2.45, 2.75) is 26.0 Å². The van der Waals surface area contributed by atoms with Crippen molar-refractivity contribution in [1.82, 2.24) is 5.32 Å². The Bertz CT molecular complexity index is 331. The van der Waals surface area contributed by atoms with Crippen molar-refractivity contribution in [1.29, 1.82) is 0 Å². The Kier molecular flexibility index (Phi) is 9.28. The number of carbonyl (C=O) groups is 1. The van der Waals surface area contributed by atoms with E-state index < -0.39 is 0 Å². The Labute approximate surface area is 114 Å². The molecule has 1 aromatic rings. The van der Waals surface area contributed by atoms with E-state index in [0.29, 0.717) is 13.2 Å². The summed E-state index contributed by atoms with van der Waals surface area (Å²) in [5, 5.41) is 2.76. The fraction of sp³-hybridized carbons (Fsp3) is 0.462. The quantitative estimate of drug-likeness (QED) is 0.790. The number of nitrogens with two attached hydrogens (primary N) is 1. The molecule has 0 aliphatic carbocycles. The number of nitrogens with one attached hydrogen (secondary N) is 1. The number of amides is 1. The van der Waals surface area contributed by atoms with Gasteiger partial charge in [0.15, 0.2) is 0 Å². The van der Waals surface area contributed by atoms with Gasteiger partial charge in [-0.05, 0) is 18.9 Å². The van der Waals surface area contributed by atoms with Crippen LogP contribution < -0.4 is 11.1 Å². The Hall–Kier alpha value is -1.10. The molecule has 0 aliphatic heterocycles. The molecule has 102 valence electrons. The topological polar surface area (TPSA) is 64.3 Å². The van der Waals surface area contributed by atoms with Crippen LogP contribution >= 0.6 is 12.4 Å². The lowest BCUT2D eigenvalue weighted by molar-refractivity contribution is -0.126. The summed E-state index contributed by atoms with van der Waals surface area (Å²) in [6, 6.07) is 9.88. The summed E-state index contributed by atoms with van der Waals surface area (Å²) >= 11 is 0. The minimum Gasteiger partial charge on any atom is -0.367 e. The molecule has 3 N–H and O–H groups in total. The molecule has 1 unspecified atom stereocenters. The van der Waals surface area contributed by atoms with Gasteiger partial charge in [-0.15, -0.1) is 12.4 Å². The molecule has 1 rings (SSSR count). The third kappa shape index (κ3) is 8.06. The van der Waals surface area contributed by atoms with Crippen LogP contribution in [0.1, 0.15) is 18.9 Å². The van der Waals surface area contributed by atoms with Gasteiger partial charge in [0, 0.05) is 12.6 Å². The molecule has 5 heteroatoms. The number of rotatable bonds is 7. The van der Waals surface area contributed by atoms with Crippen LogP contribution in [0.3, 0.4) is 0 Å². The van der Waals surface area contributed by atoms with E-state index in [9.17, 15) is 4.79 Å². The van der Waals surface area contributed by atoms with E-state index in [1.807, 2.05) is 37.3 Å². The number of hydrogen-bond donors (Lipinski definition) is 2. The van der Waals surface area contributed by atoms with Gasteiger partial charge in [0.1, 0.15) is 6.61 Å². The van der Waals surface area contributed by atoms with Gasteiger partial charge in [-0.1, -0.05) is 30.3 Å². The summed E-state index contributed by atoms with van der Waals surface area (Å²) in [4.78, 5) is 11.3. The van der Waals surface area contributed by atoms with E-state index in [1.54, 1.807) is 0 Å². The van der Waals surface area contributed by atoms with Gasteiger partial charge in [-0.2, -0.15) is 0 Å². The highest BCUT2D eigenvalue weighted by Crippen LogP contribution is 1.99. The van der Waals surface area contributed by atoms with Crippen molar-refractivity contribution >= 4 is 18.3 Å². The maximum atomic E-state index is 11.3. The smallest absolute Gasteiger partial charge is 0.246 e. The number of ether oxygens (including phenoxy) is 1. The van der Waals surface area contributed by atoms with Crippen LogP contribution in [0, 0.1) is 0 Å². The molecule has 1 amide bonds. The van der Waals surface area contributed by atoms with Crippen LogP contribution in [0.5, 0.6) is 0 Å². The molecule has 0 spiro atoms. The second kappa shape index (κ2) is 9.88. The minimum atomic E-state index is -0.0958. The van der Waals surface area contributed by atoms with Crippen LogP contribution in [0.4, 0.5) is 0 Å². The van der Waals surface area contributed by atoms with Crippen molar-refractivity contribution in [3.05, 3.63) is 35.9 Å². The Morgan fingerprint density at radius 2 is 2.06 bits per heavy atom. The Morgan fingerprint density at radius 3 is 2.67 bits per heavy atom.